The molecule has 3 aliphatic rings. The van der Waals surface area contributed by atoms with E-state index in [1.807, 2.05) is 45.9 Å². The van der Waals surface area contributed by atoms with Crippen molar-refractivity contribution in [2.75, 3.05) is 0 Å². The van der Waals surface area contributed by atoms with Crippen molar-refractivity contribution in [1.29, 1.82) is 0 Å². The Kier molecular flexibility index (Phi) is 6.20. The summed E-state index contributed by atoms with van der Waals surface area (Å²) in [6.07, 6.45) is -1.80. The highest BCUT2D eigenvalue weighted by Crippen LogP contribution is 2.48. The van der Waals surface area contributed by atoms with E-state index in [9.17, 15) is 0 Å². The van der Waals surface area contributed by atoms with E-state index in [0.29, 0.717) is 6.61 Å². The minimum absolute atomic E-state index is 0.0581. The van der Waals surface area contributed by atoms with E-state index in [2.05, 4.69) is 46.0 Å². The molecule has 0 radical (unpaired) electrons. The summed E-state index contributed by atoms with van der Waals surface area (Å²) in [4.78, 5) is 0. The molecular formula is C25H40O6Si. The molecule has 0 spiro atoms. The highest BCUT2D eigenvalue weighted by Gasteiger charge is 2.65. The van der Waals surface area contributed by atoms with Crippen molar-refractivity contribution in [3.05, 3.63) is 35.9 Å². The van der Waals surface area contributed by atoms with Crippen molar-refractivity contribution in [2.24, 2.45) is 0 Å². The van der Waals surface area contributed by atoms with Crippen LogP contribution in [0.1, 0.15) is 54.0 Å². The van der Waals surface area contributed by atoms with Gasteiger partial charge in [-0.3, -0.25) is 0 Å². The minimum Gasteiger partial charge on any atom is -0.408 e. The van der Waals surface area contributed by atoms with E-state index in [4.69, 9.17) is 28.1 Å². The van der Waals surface area contributed by atoms with E-state index >= 15 is 0 Å². The molecule has 7 heteroatoms. The second-order valence-electron chi connectivity index (χ2n) is 11.7. The Bertz CT molecular complexity index is 770. The van der Waals surface area contributed by atoms with E-state index in [1.165, 1.54) is 0 Å². The molecule has 1 aromatic carbocycles. The first-order chi connectivity index (χ1) is 14.7. The maximum atomic E-state index is 6.94. The molecule has 2 unspecified atom stereocenters. The van der Waals surface area contributed by atoms with Gasteiger partial charge in [0.25, 0.3) is 0 Å². The zero-order chi connectivity index (χ0) is 23.5. The molecule has 180 valence electrons. The van der Waals surface area contributed by atoms with Crippen molar-refractivity contribution in [2.45, 2.75) is 121 Å². The lowest BCUT2D eigenvalue weighted by Crippen LogP contribution is -2.65. The SMILES string of the molecule is CC1(C)O[C@@H]2C(OCc3ccccc3)[C@@H]3OC(C)(C)O[C@H]3C(O[Si](C)(C)C(C)(C)C)[C@@H]2O1. The number of hydrogen-bond acceptors (Lipinski definition) is 6. The van der Waals surface area contributed by atoms with Crippen LogP contribution in [0.4, 0.5) is 0 Å². The van der Waals surface area contributed by atoms with Gasteiger partial charge in [0.2, 0.25) is 0 Å². The van der Waals surface area contributed by atoms with Crippen molar-refractivity contribution in [3.8, 4) is 0 Å². The molecule has 6 atom stereocenters. The predicted molar refractivity (Wildman–Crippen MR) is 125 cm³/mol. The fourth-order valence-corrected chi connectivity index (χ4v) is 5.93. The van der Waals surface area contributed by atoms with Gasteiger partial charge in [-0.2, -0.15) is 0 Å². The molecule has 2 aliphatic heterocycles. The summed E-state index contributed by atoms with van der Waals surface area (Å²) in [6, 6.07) is 10.2. The third-order valence-electron chi connectivity index (χ3n) is 7.14. The lowest BCUT2D eigenvalue weighted by atomic mass is 9.85. The Hall–Kier alpha value is -0.803. The van der Waals surface area contributed by atoms with E-state index in [0.717, 1.165) is 5.56 Å². The van der Waals surface area contributed by atoms with Crippen LogP contribution >= 0.6 is 0 Å². The van der Waals surface area contributed by atoms with Crippen LogP contribution in [0.3, 0.4) is 0 Å². The largest absolute Gasteiger partial charge is 0.408 e. The molecule has 4 rings (SSSR count). The molecule has 2 heterocycles. The van der Waals surface area contributed by atoms with E-state index in [1.54, 1.807) is 0 Å². The lowest BCUT2D eigenvalue weighted by molar-refractivity contribution is -0.190. The Morgan fingerprint density at radius 3 is 1.66 bits per heavy atom. The number of hydrogen-bond donors (Lipinski definition) is 0. The Morgan fingerprint density at radius 1 is 0.781 bits per heavy atom. The normalized spacial score (nSPS) is 36.0. The fraction of sp³-hybridized carbons (Fsp3) is 0.760. The summed E-state index contributed by atoms with van der Waals surface area (Å²) >= 11 is 0. The molecule has 1 aromatic rings. The Labute approximate surface area is 194 Å². The Morgan fingerprint density at radius 2 is 1.22 bits per heavy atom. The van der Waals surface area contributed by atoms with Gasteiger partial charge in [0.05, 0.1) is 6.61 Å². The van der Waals surface area contributed by atoms with Crippen LogP contribution in [-0.2, 0) is 34.7 Å². The van der Waals surface area contributed by atoms with Crippen molar-refractivity contribution in [1.82, 2.24) is 0 Å². The number of benzene rings is 1. The zero-order valence-electron chi connectivity index (χ0n) is 21.0. The van der Waals surface area contributed by atoms with Gasteiger partial charge < -0.3 is 28.1 Å². The summed E-state index contributed by atoms with van der Waals surface area (Å²) in [5.41, 5.74) is 1.11. The maximum Gasteiger partial charge on any atom is 0.192 e. The third kappa shape index (κ3) is 4.71. The van der Waals surface area contributed by atoms with Gasteiger partial charge in [-0.25, -0.2) is 0 Å². The topological polar surface area (TPSA) is 55.4 Å². The summed E-state index contributed by atoms with van der Waals surface area (Å²) in [6.45, 7) is 19.5. The fourth-order valence-electron chi connectivity index (χ4n) is 4.63. The summed E-state index contributed by atoms with van der Waals surface area (Å²) in [5.74, 6) is -1.46. The molecule has 6 nitrogen and oxygen atoms in total. The van der Waals surface area contributed by atoms with Crippen LogP contribution in [0.25, 0.3) is 0 Å². The smallest absolute Gasteiger partial charge is 0.192 e. The van der Waals surface area contributed by atoms with Crippen LogP contribution in [0.15, 0.2) is 30.3 Å². The second-order valence-corrected chi connectivity index (χ2v) is 16.5. The van der Waals surface area contributed by atoms with Gasteiger partial charge in [0, 0.05) is 0 Å². The van der Waals surface area contributed by atoms with Crippen LogP contribution in [0.2, 0.25) is 18.1 Å². The maximum absolute atomic E-state index is 6.94. The van der Waals surface area contributed by atoms with E-state index in [-0.39, 0.29) is 41.7 Å². The van der Waals surface area contributed by atoms with Gasteiger partial charge in [-0.15, -0.1) is 0 Å². The first-order valence-corrected chi connectivity index (χ1v) is 14.6. The summed E-state index contributed by atoms with van der Waals surface area (Å²) < 4.78 is 39.1. The standard InChI is InChI=1S/C25H40O6Si/c1-23(2,3)32(8,9)31-22-20-18(27-24(4,5)29-20)17(19-21(22)30-25(6,7)28-19)26-15-16-13-11-10-12-14-16/h10-14,17-22H,15H2,1-9H3/t17?,18-,19+,20-,21-,22?/m1/s1. The van der Waals surface area contributed by atoms with Crippen LogP contribution in [-0.4, -0.2) is 56.5 Å². The molecule has 1 aliphatic carbocycles. The summed E-state index contributed by atoms with van der Waals surface area (Å²) in [5, 5.41) is 0.0581. The highest BCUT2D eigenvalue weighted by molar-refractivity contribution is 6.74. The number of fused-ring (bicyclic) bond motifs is 2. The number of rotatable bonds is 5. The average molecular weight is 465 g/mol. The van der Waals surface area contributed by atoms with Gasteiger partial charge in [-0.05, 0) is 51.4 Å². The van der Waals surface area contributed by atoms with Gasteiger partial charge in [-0.1, -0.05) is 51.1 Å². The zero-order valence-corrected chi connectivity index (χ0v) is 22.0. The number of ether oxygens (including phenoxy) is 5. The second kappa shape index (κ2) is 8.15. The first kappa shape index (κ1) is 24.3. The lowest BCUT2D eigenvalue weighted by Gasteiger charge is -2.47. The molecule has 3 fully saturated rings. The Balaban J connectivity index is 1.66. The highest BCUT2D eigenvalue weighted by atomic mass is 28.4. The van der Waals surface area contributed by atoms with Crippen LogP contribution in [0, 0.1) is 0 Å². The van der Waals surface area contributed by atoms with Crippen molar-refractivity contribution < 1.29 is 28.1 Å². The quantitative estimate of drug-likeness (QED) is 0.571. The van der Waals surface area contributed by atoms with Crippen molar-refractivity contribution in [3.63, 3.8) is 0 Å². The molecular weight excluding hydrogens is 424 g/mol. The molecule has 32 heavy (non-hydrogen) atoms. The van der Waals surface area contributed by atoms with Gasteiger partial charge in [0.15, 0.2) is 19.9 Å². The minimum atomic E-state index is -2.11. The van der Waals surface area contributed by atoms with Gasteiger partial charge in [0.1, 0.15) is 36.6 Å². The average Bonchev–Trinajstić information content (AvgIpc) is 3.15. The van der Waals surface area contributed by atoms with Crippen LogP contribution in [0.5, 0.6) is 0 Å². The van der Waals surface area contributed by atoms with E-state index < -0.39 is 19.9 Å². The van der Waals surface area contributed by atoms with Crippen molar-refractivity contribution >= 4 is 8.32 Å². The first-order valence-electron chi connectivity index (χ1n) is 11.7. The predicted octanol–water partition coefficient (Wildman–Crippen LogP) is 5.02. The molecule has 0 amide bonds. The monoisotopic (exact) mass is 464 g/mol. The molecule has 0 aromatic heterocycles. The van der Waals surface area contributed by atoms with Crippen LogP contribution < -0.4 is 0 Å². The third-order valence-corrected chi connectivity index (χ3v) is 11.6. The summed E-state index contributed by atoms with van der Waals surface area (Å²) in [7, 11) is -2.11. The molecule has 2 saturated heterocycles. The van der Waals surface area contributed by atoms with Gasteiger partial charge >= 0.3 is 0 Å². The molecule has 0 bridgehead atoms. The molecule has 0 N–H and O–H groups in total. The molecule has 1 saturated carbocycles.